The molecule has 0 aliphatic rings. The second-order valence-electron chi connectivity index (χ2n) is 5.52. The van der Waals surface area contributed by atoms with E-state index in [1.165, 1.54) is 0 Å². The van der Waals surface area contributed by atoms with Crippen LogP contribution in [0.5, 0.6) is 0 Å². The Labute approximate surface area is 111 Å². The third kappa shape index (κ3) is 3.02. The molecule has 2 aromatic rings. The predicted molar refractivity (Wildman–Crippen MR) is 73.0 cm³/mol. The number of Topliss-reactive ketones (excluding diaryl/α,β-unsaturated/α-hetero) is 1. The fourth-order valence-electron chi connectivity index (χ4n) is 1.61. The van der Waals surface area contributed by atoms with Gasteiger partial charge in [-0.15, -0.1) is 0 Å². The van der Waals surface area contributed by atoms with E-state index in [0.717, 1.165) is 10.9 Å². The van der Waals surface area contributed by atoms with Gasteiger partial charge in [0.2, 0.25) is 0 Å². The molecule has 0 unspecified atom stereocenters. The summed E-state index contributed by atoms with van der Waals surface area (Å²) in [6.07, 6.45) is 0. The molecule has 0 spiro atoms. The molecule has 0 aliphatic heterocycles. The number of hydrogen-bond acceptors (Lipinski definition) is 3. The minimum Gasteiger partial charge on any atom is -0.453 e. The van der Waals surface area contributed by atoms with Gasteiger partial charge >= 0.3 is 5.97 Å². The van der Waals surface area contributed by atoms with Crippen molar-refractivity contribution in [1.82, 2.24) is 4.98 Å². The van der Waals surface area contributed by atoms with Gasteiger partial charge in [-0.05, 0) is 12.1 Å². The second kappa shape index (κ2) is 4.88. The highest BCUT2D eigenvalue weighted by Gasteiger charge is 2.23. The SMILES string of the molecule is CC(C)(C)C(=O)COC(=O)c1cc2ccccc2[nH]1. The molecule has 0 saturated carbocycles. The number of ether oxygens (including phenoxy) is 1. The summed E-state index contributed by atoms with van der Waals surface area (Å²) in [6.45, 7) is 5.20. The van der Waals surface area contributed by atoms with Crippen LogP contribution in [0, 0.1) is 5.41 Å². The van der Waals surface area contributed by atoms with Crippen LogP contribution in [0.25, 0.3) is 10.9 Å². The van der Waals surface area contributed by atoms with Crippen LogP contribution in [0.4, 0.5) is 0 Å². The molecule has 1 N–H and O–H groups in total. The molecule has 0 bridgehead atoms. The molecule has 0 saturated heterocycles. The summed E-state index contributed by atoms with van der Waals surface area (Å²) in [6, 6.07) is 9.29. The van der Waals surface area contributed by atoms with Crippen LogP contribution in [0.1, 0.15) is 31.3 Å². The molecule has 4 heteroatoms. The summed E-state index contributed by atoms with van der Waals surface area (Å²) in [5, 5.41) is 0.941. The van der Waals surface area contributed by atoms with E-state index in [1.807, 2.05) is 24.3 Å². The number of rotatable bonds is 3. The van der Waals surface area contributed by atoms with E-state index in [0.29, 0.717) is 5.69 Å². The molecule has 0 amide bonds. The summed E-state index contributed by atoms with van der Waals surface area (Å²) in [4.78, 5) is 26.5. The lowest BCUT2D eigenvalue weighted by Gasteiger charge is -2.15. The summed E-state index contributed by atoms with van der Waals surface area (Å²) in [5.74, 6) is -0.606. The van der Waals surface area contributed by atoms with E-state index in [-0.39, 0.29) is 12.4 Å². The van der Waals surface area contributed by atoms with E-state index in [1.54, 1.807) is 26.8 Å². The maximum Gasteiger partial charge on any atom is 0.355 e. The van der Waals surface area contributed by atoms with E-state index in [9.17, 15) is 9.59 Å². The van der Waals surface area contributed by atoms with Crippen LogP contribution in [-0.4, -0.2) is 23.3 Å². The van der Waals surface area contributed by atoms with Crippen molar-refractivity contribution in [2.75, 3.05) is 6.61 Å². The smallest absolute Gasteiger partial charge is 0.355 e. The van der Waals surface area contributed by atoms with Crippen molar-refractivity contribution in [3.8, 4) is 0 Å². The average Bonchev–Trinajstić information content (AvgIpc) is 2.78. The first-order valence-electron chi connectivity index (χ1n) is 6.16. The number of aromatic nitrogens is 1. The Morgan fingerprint density at radius 3 is 2.53 bits per heavy atom. The second-order valence-corrected chi connectivity index (χ2v) is 5.52. The number of esters is 1. The van der Waals surface area contributed by atoms with Gasteiger partial charge in [-0.25, -0.2) is 4.79 Å². The first kappa shape index (κ1) is 13.3. The van der Waals surface area contributed by atoms with Gasteiger partial charge < -0.3 is 9.72 Å². The van der Waals surface area contributed by atoms with Crippen LogP contribution in [0.3, 0.4) is 0 Å². The van der Waals surface area contributed by atoms with Gasteiger partial charge in [0.05, 0.1) is 0 Å². The fourth-order valence-corrected chi connectivity index (χ4v) is 1.61. The van der Waals surface area contributed by atoms with Crippen molar-refractivity contribution in [3.05, 3.63) is 36.0 Å². The van der Waals surface area contributed by atoms with Crippen LogP contribution in [0.2, 0.25) is 0 Å². The summed E-state index contributed by atoms with van der Waals surface area (Å²) in [7, 11) is 0. The zero-order valence-corrected chi connectivity index (χ0v) is 11.3. The quantitative estimate of drug-likeness (QED) is 0.862. The van der Waals surface area contributed by atoms with Crippen molar-refractivity contribution >= 4 is 22.7 Å². The highest BCUT2D eigenvalue weighted by Crippen LogP contribution is 2.17. The van der Waals surface area contributed by atoms with E-state index in [2.05, 4.69) is 4.98 Å². The Kier molecular flexibility index (Phi) is 3.42. The lowest BCUT2D eigenvalue weighted by Crippen LogP contribution is -2.26. The van der Waals surface area contributed by atoms with Gasteiger partial charge in [0.15, 0.2) is 12.4 Å². The van der Waals surface area contributed by atoms with E-state index in [4.69, 9.17) is 4.74 Å². The fraction of sp³-hybridized carbons (Fsp3) is 0.333. The molecule has 1 aromatic heterocycles. The maximum absolute atomic E-state index is 11.8. The summed E-state index contributed by atoms with van der Waals surface area (Å²) >= 11 is 0. The summed E-state index contributed by atoms with van der Waals surface area (Å²) in [5.41, 5.74) is 0.736. The number of hydrogen-bond donors (Lipinski definition) is 1. The average molecular weight is 259 g/mol. The number of H-pyrrole nitrogens is 1. The number of ketones is 1. The molecule has 2 rings (SSSR count). The van der Waals surface area contributed by atoms with E-state index >= 15 is 0 Å². The van der Waals surface area contributed by atoms with Gasteiger partial charge in [-0.3, -0.25) is 4.79 Å². The Bertz CT molecular complexity index is 587. The normalized spacial score (nSPS) is 11.5. The Hall–Kier alpha value is -2.10. The Morgan fingerprint density at radius 2 is 1.89 bits per heavy atom. The number of para-hydroxylation sites is 1. The van der Waals surface area contributed by atoms with Crippen LogP contribution in [-0.2, 0) is 9.53 Å². The molecular formula is C15H17NO3. The van der Waals surface area contributed by atoms with E-state index < -0.39 is 11.4 Å². The topological polar surface area (TPSA) is 59.2 Å². The van der Waals surface area contributed by atoms with Gasteiger partial charge in [0.25, 0.3) is 0 Å². The first-order chi connectivity index (χ1) is 8.88. The maximum atomic E-state index is 11.8. The van der Waals surface area contributed by atoms with Crippen LogP contribution >= 0.6 is 0 Å². The minimum atomic E-state index is -0.506. The van der Waals surface area contributed by atoms with Gasteiger partial charge in [0, 0.05) is 16.3 Å². The van der Waals surface area contributed by atoms with Crippen LogP contribution < -0.4 is 0 Å². The molecule has 0 radical (unpaired) electrons. The van der Waals surface area contributed by atoms with Crippen LogP contribution in [0.15, 0.2) is 30.3 Å². The van der Waals surface area contributed by atoms with Gasteiger partial charge in [-0.2, -0.15) is 0 Å². The molecule has 0 fully saturated rings. The number of carbonyl (C=O) groups is 2. The Morgan fingerprint density at radius 1 is 1.21 bits per heavy atom. The molecule has 0 atom stereocenters. The highest BCUT2D eigenvalue weighted by atomic mass is 16.5. The third-order valence-electron chi connectivity index (χ3n) is 2.92. The minimum absolute atomic E-state index is 0.100. The molecule has 100 valence electrons. The number of aromatic amines is 1. The van der Waals surface area contributed by atoms with Crippen molar-refractivity contribution in [2.24, 2.45) is 5.41 Å². The van der Waals surface area contributed by atoms with Gasteiger partial charge in [0.1, 0.15) is 5.69 Å². The lowest BCUT2D eigenvalue weighted by molar-refractivity contribution is -0.129. The molecule has 1 heterocycles. The molecule has 1 aromatic carbocycles. The zero-order chi connectivity index (χ0) is 14.0. The summed E-state index contributed by atoms with van der Waals surface area (Å²) < 4.78 is 5.03. The molecule has 0 aliphatic carbocycles. The highest BCUT2D eigenvalue weighted by molar-refractivity contribution is 5.96. The third-order valence-corrected chi connectivity index (χ3v) is 2.92. The predicted octanol–water partition coefficient (Wildman–Crippen LogP) is 2.94. The van der Waals surface area contributed by atoms with Crippen molar-refractivity contribution < 1.29 is 14.3 Å². The Balaban J connectivity index is 2.06. The zero-order valence-electron chi connectivity index (χ0n) is 11.3. The monoisotopic (exact) mass is 259 g/mol. The standard InChI is InChI=1S/C15H17NO3/c1-15(2,3)13(17)9-19-14(18)12-8-10-6-4-5-7-11(10)16-12/h4-8,16H,9H2,1-3H3. The number of carbonyl (C=O) groups excluding carboxylic acids is 2. The largest absolute Gasteiger partial charge is 0.453 e. The first-order valence-corrected chi connectivity index (χ1v) is 6.16. The molecule has 19 heavy (non-hydrogen) atoms. The van der Waals surface area contributed by atoms with Crippen molar-refractivity contribution in [3.63, 3.8) is 0 Å². The lowest BCUT2D eigenvalue weighted by atomic mass is 9.91. The van der Waals surface area contributed by atoms with Gasteiger partial charge in [-0.1, -0.05) is 39.0 Å². The van der Waals surface area contributed by atoms with Crippen molar-refractivity contribution in [2.45, 2.75) is 20.8 Å². The number of fused-ring (bicyclic) bond motifs is 1. The molecule has 4 nitrogen and oxygen atoms in total. The van der Waals surface area contributed by atoms with Crippen molar-refractivity contribution in [1.29, 1.82) is 0 Å². The number of benzene rings is 1. The molecular weight excluding hydrogens is 242 g/mol. The number of nitrogens with one attached hydrogen (secondary N) is 1.